The molecule has 1 N–H and O–H groups in total. The molecule has 0 heterocycles. The third-order valence-electron chi connectivity index (χ3n) is 4.51. The Balaban J connectivity index is 1.99. The van der Waals surface area contributed by atoms with Crippen LogP contribution in [0.2, 0.25) is 5.02 Å². The minimum absolute atomic E-state index is 0.0803. The summed E-state index contributed by atoms with van der Waals surface area (Å²) in [4.78, 5) is 13.0. The number of rotatable bonds is 8. The maximum absolute atomic E-state index is 13.5. The van der Waals surface area contributed by atoms with Gasteiger partial charge in [-0.25, -0.2) is 8.42 Å². The molecule has 3 aromatic carbocycles. The molecule has 0 aliphatic heterocycles. The molecule has 3 rings (SSSR count). The second-order valence-corrected chi connectivity index (χ2v) is 9.03. The van der Waals surface area contributed by atoms with Gasteiger partial charge in [-0.15, -0.1) is 0 Å². The number of hydrogen-bond donors (Lipinski definition) is 1. The van der Waals surface area contributed by atoms with Gasteiger partial charge >= 0.3 is 0 Å². The van der Waals surface area contributed by atoms with Gasteiger partial charge in [0.2, 0.25) is 5.91 Å². The maximum atomic E-state index is 13.5. The van der Waals surface area contributed by atoms with Crippen molar-refractivity contribution in [2.24, 2.45) is 0 Å². The molecule has 0 aromatic heterocycles. The topological polar surface area (TPSA) is 75.7 Å². The quantitative estimate of drug-likeness (QED) is 0.522. The highest BCUT2D eigenvalue weighted by molar-refractivity contribution is 7.92. The fourth-order valence-electron chi connectivity index (χ4n) is 3.05. The van der Waals surface area contributed by atoms with E-state index in [4.69, 9.17) is 16.3 Å². The molecular weight excluding hydrogens is 436 g/mol. The van der Waals surface area contributed by atoms with Crippen LogP contribution in [0.3, 0.4) is 0 Å². The van der Waals surface area contributed by atoms with E-state index in [0.717, 1.165) is 9.87 Å². The Labute approximate surface area is 187 Å². The van der Waals surface area contributed by atoms with Crippen LogP contribution in [0.1, 0.15) is 12.5 Å². The molecule has 3 aromatic rings. The number of para-hydroxylation sites is 2. The predicted octanol–water partition coefficient (Wildman–Crippen LogP) is 4.88. The van der Waals surface area contributed by atoms with Crippen LogP contribution in [-0.2, 0) is 14.8 Å². The van der Waals surface area contributed by atoms with Crippen LogP contribution in [0, 0.1) is 6.92 Å². The van der Waals surface area contributed by atoms with Crippen molar-refractivity contribution in [3.05, 3.63) is 83.4 Å². The lowest BCUT2D eigenvalue weighted by molar-refractivity contribution is -0.114. The average Bonchev–Trinajstić information content (AvgIpc) is 2.75. The number of anilines is 2. The monoisotopic (exact) mass is 458 g/mol. The van der Waals surface area contributed by atoms with E-state index in [1.807, 2.05) is 13.8 Å². The molecule has 6 nitrogen and oxygen atoms in total. The summed E-state index contributed by atoms with van der Waals surface area (Å²) in [5.41, 5.74) is 1.62. The van der Waals surface area contributed by atoms with Gasteiger partial charge in [-0.2, -0.15) is 0 Å². The van der Waals surface area contributed by atoms with E-state index < -0.39 is 22.5 Å². The number of sulfonamides is 1. The number of ether oxygens (including phenoxy) is 1. The van der Waals surface area contributed by atoms with Crippen molar-refractivity contribution in [3.8, 4) is 5.75 Å². The molecule has 162 valence electrons. The van der Waals surface area contributed by atoms with Crippen LogP contribution >= 0.6 is 11.6 Å². The Kier molecular flexibility index (Phi) is 7.20. The minimum atomic E-state index is -4.03. The Bertz CT molecular complexity index is 1170. The molecule has 0 saturated carbocycles. The van der Waals surface area contributed by atoms with Crippen LogP contribution in [0.5, 0.6) is 5.75 Å². The highest BCUT2D eigenvalue weighted by atomic mass is 35.5. The highest BCUT2D eigenvalue weighted by Crippen LogP contribution is 2.32. The normalized spacial score (nSPS) is 11.1. The van der Waals surface area contributed by atoms with Crippen molar-refractivity contribution >= 4 is 38.9 Å². The van der Waals surface area contributed by atoms with E-state index in [0.29, 0.717) is 23.1 Å². The molecule has 8 heteroatoms. The summed E-state index contributed by atoms with van der Waals surface area (Å²) >= 11 is 5.98. The minimum Gasteiger partial charge on any atom is -0.492 e. The Hall–Kier alpha value is -3.03. The van der Waals surface area contributed by atoms with Gasteiger partial charge in [0.25, 0.3) is 10.0 Å². The average molecular weight is 459 g/mol. The number of aryl methyl sites for hydroxylation is 1. The zero-order chi connectivity index (χ0) is 22.4. The first-order chi connectivity index (χ1) is 14.8. The van der Waals surface area contributed by atoms with Crippen LogP contribution in [-0.4, -0.2) is 27.5 Å². The number of carbonyl (C=O) groups excluding carboxylic acids is 1. The van der Waals surface area contributed by atoms with Gasteiger partial charge in [-0.3, -0.25) is 9.10 Å². The molecule has 0 atom stereocenters. The third kappa shape index (κ3) is 5.37. The molecule has 0 aliphatic carbocycles. The lowest BCUT2D eigenvalue weighted by Crippen LogP contribution is -2.38. The number of nitrogens with one attached hydrogen (secondary N) is 1. The Morgan fingerprint density at radius 3 is 2.39 bits per heavy atom. The van der Waals surface area contributed by atoms with Crippen LogP contribution < -0.4 is 14.4 Å². The Morgan fingerprint density at radius 2 is 1.71 bits per heavy atom. The number of halogens is 1. The molecule has 0 unspecified atom stereocenters. The lowest BCUT2D eigenvalue weighted by Gasteiger charge is -2.26. The fourth-order valence-corrected chi connectivity index (χ4v) is 4.73. The molecule has 1 amide bonds. The summed E-state index contributed by atoms with van der Waals surface area (Å²) in [6.45, 7) is 3.54. The number of benzene rings is 3. The van der Waals surface area contributed by atoms with Gasteiger partial charge < -0.3 is 10.1 Å². The molecular formula is C23H23ClN2O4S. The number of hydrogen-bond acceptors (Lipinski definition) is 4. The smallest absolute Gasteiger partial charge is 0.264 e. The maximum Gasteiger partial charge on any atom is 0.264 e. The second-order valence-electron chi connectivity index (χ2n) is 6.73. The summed E-state index contributed by atoms with van der Waals surface area (Å²) in [6, 6.07) is 19.8. The van der Waals surface area contributed by atoms with E-state index >= 15 is 0 Å². The largest absolute Gasteiger partial charge is 0.492 e. The van der Waals surface area contributed by atoms with E-state index in [-0.39, 0.29) is 10.6 Å². The van der Waals surface area contributed by atoms with E-state index in [1.165, 1.54) is 12.1 Å². The second kappa shape index (κ2) is 9.85. The number of amides is 1. The van der Waals surface area contributed by atoms with Gasteiger partial charge in [-0.05, 0) is 61.9 Å². The summed E-state index contributed by atoms with van der Waals surface area (Å²) < 4.78 is 33.6. The molecule has 0 spiro atoms. The van der Waals surface area contributed by atoms with Crippen molar-refractivity contribution in [2.75, 3.05) is 22.8 Å². The Morgan fingerprint density at radius 1 is 1.03 bits per heavy atom. The van der Waals surface area contributed by atoms with Crippen molar-refractivity contribution in [1.29, 1.82) is 0 Å². The van der Waals surface area contributed by atoms with Crippen LogP contribution in [0.4, 0.5) is 11.4 Å². The zero-order valence-electron chi connectivity index (χ0n) is 17.2. The third-order valence-corrected chi connectivity index (χ3v) is 6.52. The summed E-state index contributed by atoms with van der Waals surface area (Å²) in [5, 5.41) is 3.32. The first kappa shape index (κ1) is 22.7. The first-order valence-corrected chi connectivity index (χ1v) is 11.5. The first-order valence-electron chi connectivity index (χ1n) is 9.68. The number of carbonyl (C=O) groups is 1. The predicted molar refractivity (Wildman–Crippen MR) is 123 cm³/mol. The van der Waals surface area contributed by atoms with Gasteiger partial charge in [0.1, 0.15) is 12.3 Å². The fraction of sp³-hybridized carbons (Fsp3) is 0.174. The van der Waals surface area contributed by atoms with Crippen molar-refractivity contribution in [3.63, 3.8) is 0 Å². The summed E-state index contributed by atoms with van der Waals surface area (Å²) in [5.74, 6) is -0.115. The zero-order valence-corrected chi connectivity index (χ0v) is 18.8. The summed E-state index contributed by atoms with van der Waals surface area (Å²) in [6.07, 6.45) is 0. The molecule has 0 aliphatic rings. The van der Waals surface area contributed by atoms with E-state index in [9.17, 15) is 13.2 Å². The highest BCUT2D eigenvalue weighted by Gasteiger charge is 2.29. The lowest BCUT2D eigenvalue weighted by atomic mass is 10.2. The van der Waals surface area contributed by atoms with Crippen molar-refractivity contribution in [2.45, 2.75) is 18.7 Å². The van der Waals surface area contributed by atoms with Gasteiger partial charge in [0, 0.05) is 10.7 Å². The van der Waals surface area contributed by atoms with E-state index in [1.54, 1.807) is 60.7 Å². The standard InChI is InChI=1S/C23H23ClN2O4S/c1-3-30-22-12-8-7-11-21(22)26(31(28,29)19-9-5-4-6-10-19)16-23(27)25-20-14-13-18(24)15-17(20)2/h4-15H,3,16H2,1-2H3,(H,25,27). The van der Waals surface area contributed by atoms with Crippen LogP contribution in [0.15, 0.2) is 77.7 Å². The van der Waals surface area contributed by atoms with Crippen molar-refractivity contribution < 1.29 is 17.9 Å². The van der Waals surface area contributed by atoms with Crippen LogP contribution in [0.25, 0.3) is 0 Å². The van der Waals surface area contributed by atoms with E-state index in [2.05, 4.69) is 5.32 Å². The summed E-state index contributed by atoms with van der Waals surface area (Å²) in [7, 11) is -4.03. The molecule has 0 saturated heterocycles. The molecule has 31 heavy (non-hydrogen) atoms. The molecule has 0 radical (unpaired) electrons. The van der Waals surface area contributed by atoms with Gasteiger partial charge in [0.15, 0.2) is 0 Å². The number of nitrogens with zero attached hydrogens (tertiary/aromatic N) is 1. The van der Waals surface area contributed by atoms with Gasteiger partial charge in [-0.1, -0.05) is 41.9 Å². The molecule has 0 bridgehead atoms. The van der Waals surface area contributed by atoms with Gasteiger partial charge in [0.05, 0.1) is 17.2 Å². The molecule has 0 fully saturated rings. The SMILES string of the molecule is CCOc1ccccc1N(CC(=O)Nc1ccc(Cl)cc1C)S(=O)(=O)c1ccccc1. The van der Waals surface area contributed by atoms with Crippen molar-refractivity contribution in [1.82, 2.24) is 0 Å².